The quantitative estimate of drug-likeness (QED) is 0.339. The summed E-state index contributed by atoms with van der Waals surface area (Å²) in [6.07, 6.45) is 1.13. The van der Waals surface area contributed by atoms with Crippen LogP contribution in [-0.2, 0) is 10.5 Å². The zero-order valence-electron chi connectivity index (χ0n) is 14.8. The fraction of sp³-hybridized carbons (Fsp3) is 0.235. The fourth-order valence-corrected chi connectivity index (χ4v) is 4.09. The van der Waals surface area contributed by atoms with Crippen LogP contribution in [0.1, 0.15) is 29.3 Å². The van der Waals surface area contributed by atoms with Crippen molar-refractivity contribution in [3.8, 4) is 5.75 Å². The maximum Gasteiger partial charge on any atom is 0.314 e. The third kappa shape index (κ3) is 5.27. The SMILES string of the molecule is CC(C)C(=O)Oc1coc(CSc2nnc(NC(=O)c3cccs3)s2)cc1=O. The van der Waals surface area contributed by atoms with E-state index in [2.05, 4.69) is 15.5 Å². The number of hydrogen-bond donors (Lipinski definition) is 1. The van der Waals surface area contributed by atoms with E-state index in [1.54, 1.807) is 26.0 Å². The molecular formula is C17H15N3O5S3. The van der Waals surface area contributed by atoms with E-state index in [9.17, 15) is 14.4 Å². The molecule has 28 heavy (non-hydrogen) atoms. The first-order valence-electron chi connectivity index (χ1n) is 8.07. The molecule has 1 N–H and O–H groups in total. The highest BCUT2D eigenvalue weighted by Crippen LogP contribution is 2.28. The van der Waals surface area contributed by atoms with Gasteiger partial charge in [-0.05, 0) is 11.4 Å². The van der Waals surface area contributed by atoms with E-state index >= 15 is 0 Å². The summed E-state index contributed by atoms with van der Waals surface area (Å²) in [5.74, 6) is -0.482. The van der Waals surface area contributed by atoms with Crippen LogP contribution in [-0.4, -0.2) is 22.1 Å². The van der Waals surface area contributed by atoms with Crippen molar-refractivity contribution in [3.05, 3.63) is 50.7 Å². The summed E-state index contributed by atoms with van der Waals surface area (Å²) in [7, 11) is 0. The van der Waals surface area contributed by atoms with E-state index in [0.29, 0.717) is 25.9 Å². The van der Waals surface area contributed by atoms with Gasteiger partial charge in [-0.1, -0.05) is 43.0 Å². The zero-order chi connectivity index (χ0) is 20.1. The number of aromatic nitrogens is 2. The molecule has 0 radical (unpaired) electrons. The summed E-state index contributed by atoms with van der Waals surface area (Å²) in [6.45, 7) is 3.35. The van der Waals surface area contributed by atoms with Gasteiger partial charge in [0.2, 0.25) is 16.3 Å². The first-order valence-corrected chi connectivity index (χ1v) is 10.7. The number of esters is 1. The summed E-state index contributed by atoms with van der Waals surface area (Å²) < 4.78 is 10.9. The minimum atomic E-state index is -0.500. The molecule has 0 aliphatic rings. The lowest BCUT2D eigenvalue weighted by Gasteiger charge is -2.05. The Kier molecular flexibility index (Phi) is 6.60. The number of amides is 1. The van der Waals surface area contributed by atoms with Crippen LogP contribution in [0.3, 0.4) is 0 Å². The molecule has 8 nitrogen and oxygen atoms in total. The van der Waals surface area contributed by atoms with E-state index in [4.69, 9.17) is 9.15 Å². The van der Waals surface area contributed by atoms with Crippen LogP contribution < -0.4 is 15.5 Å². The van der Waals surface area contributed by atoms with E-state index in [0.717, 1.165) is 6.26 Å². The highest BCUT2D eigenvalue weighted by molar-refractivity contribution is 8.00. The number of nitrogens with zero attached hydrogens (tertiary/aromatic N) is 2. The van der Waals surface area contributed by atoms with Gasteiger partial charge in [0.25, 0.3) is 5.91 Å². The van der Waals surface area contributed by atoms with Crippen molar-refractivity contribution in [1.29, 1.82) is 0 Å². The van der Waals surface area contributed by atoms with Gasteiger partial charge in [-0.25, -0.2) is 0 Å². The standard InChI is InChI=1S/C17H15N3O5S3/c1-9(2)15(23)25-12-7-24-10(6-11(12)21)8-27-17-20-19-16(28-17)18-14(22)13-4-3-5-26-13/h3-7,9H,8H2,1-2H3,(H,18,19,22). The molecule has 0 aliphatic carbocycles. The number of carbonyl (C=O) groups excluding carboxylic acids is 2. The summed E-state index contributed by atoms with van der Waals surface area (Å²) in [5.41, 5.74) is -0.433. The van der Waals surface area contributed by atoms with Gasteiger partial charge in [0.1, 0.15) is 12.0 Å². The Labute approximate surface area is 171 Å². The normalized spacial score (nSPS) is 10.8. The van der Waals surface area contributed by atoms with Crippen molar-refractivity contribution in [1.82, 2.24) is 10.2 Å². The summed E-state index contributed by atoms with van der Waals surface area (Å²) in [4.78, 5) is 36.2. The molecule has 3 aromatic rings. The molecule has 1 amide bonds. The number of anilines is 1. The molecule has 3 aromatic heterocycles. The molecule has 0 bridgehead atoms. The number of thiophene rings is 1. The first-order chi connectivity index (χ1) is 13.4. The van der Waals surface area contributed by atoms with Crippen LogP contribution in [0.4, 0.5) is 5.13 Å². The second kappa shape index (κ2) is 9.13. The Morgan fingerprint density at radius 1 is 1.36 bits per heavy atom. The molecular weight excluding hydrogens is 422 g/mol. The first kappa shape index (κ1) is 20.2. The molecule has 0 fully saturated rings. The number of ether oxygens (including phenoxy) is 1. The lowest BCUT2D eigenvalue weighted by molar-refractivity contribution is -0.137. The predicted octanol–water partition coefficient (Wildman–Crippen LogP) is 3.66. The van der Waals surface area contributed by atoms with Gasteiger partial charge >= 0.3 is 5.97 Å². The molecule has 0 aromatic carbocycles. The minimum Gasteiger partial charge on any atom is -0.464 e. The Bertz CT molecular complexity index is 1030. The minimum absolute atomic E-state index is 0.137. The third-order valence-electron chi connectivity index (χ3n) is 3.24. The Morgan fingerprint density at radius 2 is 2.18 bits per heavy atom. The van der Waals surface area contributed by atoms with E-state index in [1.165, 1.54) is 40.5 Å². The number of rotatable bonds is 7. The third-order valence-corrected chi connectivity index (χ3v) is 6.11. The summed E-state index contributed by atoms with van der Waals surface area (Å²) in [6, 6.07) is 4.79. The largest absolute Gasteiger partial charge is 0.464 e. The lowest BCUT2D eigenvalue weighted by Crippen LogP contribution is -2.18. The van der Waals surface area contributed by atoms with Crippen LogP contribution in [0.2, 0.25) is 0 Å². The molecule has 0 atom stereocenters. The van der Waals surface area contributed by atoms with Crippen LogP contribution in [0.25, 0.3) is 0 Å². The molecule has 146 valence electrons. The molecule has 0 aliphatic heterocycles. The van der Waals surface area contributed by atoms with Gasteiger partial charge in [0.05, 0.1) is 16.5 Å². The van der Waals surface area contributed by atoms with Crippen molar-refractivity contribution >= 4 is 51.4 Å². The highest BCUT2D eigenvalue weighted by Gasteiger charge is 2.15. The van der Waals surface area contributed by atoms with Gasteiger partial charge in [0.15, 0.2) is 4.34 Å². The Morgan fingerprint density at radius 3 is 2.86 bits per heavy atom. The predicted molar refractivity (Wildman–Crippen MR) is 107 cm³/mol. The smallest absolute Gasteiger partial charge is 0.314 e. The highest BCUT2D eigenvalue weighted by atomic mass is 32.2. The number of carbonyl (C=O) groups is 2. The molecule has 3 rings (SSSR count). The molecule has 0 saturated carbocycles. The van der Waals surface area contributed by atoms with Crippen molar-refractivity contribution in [2.75, 3.05) is 5.32 Å². The van der Waals surface area contributed by atoms with Crippen molar-refractivity contribution in [2.24, 2.45) is 5.92 Å². The summed E-state index contributed by atoms with van der Waals surface area (Å²) in [5, 5.41) is 12.8. The molecule has 0 unspecified atom stereocenters. The van der Waals surface area contributed by atoms with Crippen LogP contribution >= 0.6 is 34.4 Å². The summed E-state index contributed by atoms with van der Waals surface area (Å²) >= 11 is 3.87. The van der Waals surface area contributed by atoms with Gasteiger partial charge in [0, 0.05) is 6.07 Å². The van der Waals surface area contributed by atoms with E-state index in [1.807, 2.05) is 5.38 Å². The van der Waals surface area contributed by atoms with Crippen molar-refractivity contribution in [3.63, 3.8) is 0 Å². The Hall–Kier alpha value is -2.50. The molecule has 0 spiro atoms. The molecule has 0 saturated heterocycles. The van der Waals surface area contributed by atoms with Crippen LogP contribution in [0, 0.1) is 5.92 Å². The van der Waals surface area contributed by atoms with Crippen LogP contribution in [0.5, 0.6) is 5.75 Å². The number of hydrogen-bond acceptors (Lipinski definition) is 10. The lowest BCUT2D eigenvalue weighted by atomic mass is 10.2. The second-order valence-corrected chi connectivity index (χ2v) is 8.89. The average molecular weight is 438 g/mol. The maximum atomic E-state index is 12.0. The molecule has 11 heteroatoms. The van der Waals surface area contributed by atoms with E-state index < -0.39 is 11.4 Å². The Balaban J connectivity index is 1.56. The van der Waals surface area contributed by atoms with E-state index in [-0.39, 0.29) is 17.6 Å². The second-order valence-electron chi connectivity index (χ2n) is 5.74. The van der Waals surface area contributed by atoms with Crippen molar-refractivity contribution < 1.29 is 18.7 Å². The van der Waals surface area contributed by atoms with Gasteiger partial charge in [-0.15, -0.1) is 21.5 Å². The van der Waals surface area contributed by atoms with Gasteiger partial charge < -0.3 is 9.15 Å². The van der Waals surface area contributed by atoms with Crippen LogP contribution in [0.15, 0.2) is 43.4 Å². The average Bonchev–Trinajstić information content (AvgIpc) is 3.33. The zero-order valence-corrected chi connectivity index (χ0v) is 17.3. The van der Waals surface area contributed by atoms with Gasteiger partial charge in [-0.3, -0.25) is 19.7 Å². The number of thioether (sulfide) groups is 1. The maximum absolute atomic E-state index is 12.0. The topological polar surface area (TPSA) is 111 Å². The van der Waals surface area contributed by atoms with Gasteiger partial charge in [-0.2, -0.15) is 0 Å². The van der Waals surface area contributed by atoms with Crippen molar-refractivity contribution in [2.45, 2.75) is 23.9 Å². The molecule has 3 heterocycles. The fourth-order valence-electron chi connectivity index (χ4n) is 1.83. The monoisotopic (exact) mass is 437 g/mol. The number of nitrogens with one attached hydrogen (secondary N) is 1.